The molecule has 1 aromatic rings. The second-order valence-electron chi connectivity index (χ2n) is 7.04. The zero-order valence-corrected chi connectivity index (χ0v) is 14.6. The average molecular weight is 343 g/mol. The van der Waals surface area contributed by atoms with E-state index in [2.05, 4.69) is 36.9 Å². The Hall–Kier alpha value is -1.07. The van der Waals surface area contributed by atoms with Crippen molar-refractivity contribution < 1.29 is 18.3 Å². The van der Waals surface area contributed by atoms with Crippen molar-refractivity contribution in [3.63, 3.8) is 0 Å². The lowest BCUT2D eigenvalue weighted by molar-refractivity contribution is -0.223. The van der Waals surface area contributed by atoms with Gasteiger partial charge in [0, 0.05) is 0 Å². The fourth-order valence-corrected chi connectivity index (χ4v) is 3.38. The van der Waals surface area contributed by atoms with Crippen molar-refractivity contribution in [3.05, 3.63) is 34.9 Å². The van der Waals surface area contributed by atoms with Gasteiger partial charge in [-0.05, 0) is 88.2 Å². The molecule has 2 nitrogen and oxygen atoms in total. The lowest BCUT2D eigenvalue weighted by Crippen LogP contribution is -2.43. The van der Waals surface area contributed by atoms with Crippen LogP contribution in [0.25, 0.3) is 0 Å². The zero-order valence-electron chi connectivity index (χ0n) is 14.6. The molecule has 0 saturated carbocycles. The van der Waals surface area contributed by atoms with Crippen LogP contribution in [0.5, 0.6) is 0 Å². The number of unbranched alkanes of at least 4 members (excludes halogenated alkanes) is 1. The molecule has 1 aliphatic heterocycles. The third kappa shape index (κ3) is 5.49. The molecule has 2 rings (SSSR count). The van der Waals surface area contributed by atoms with E-state index >= 15 is 0 Å². The van der Waals surface area contributed by atoms with Crippen molar-refractivity contribution in [2.24, 2.45) is 5.92 Å². The Morgan fingerprint density at radius 1 is 1.12 bits per heavy atom. The normalized spacial score (nSPS) is 18.8. The molecule has 0 aromatic heterocycles. The number of aliphatic hydroxyl groups excluding tert-OH is 1. The highest BCUT2D eigenvalue weighted by atomic mass is 19.4. The summed E-state index contributed by atoms with van der Waals surface area (Å²) >= 11 is 0. The van der Waals surface area contributed by atoms with E-state index in [-0.39, 0.29) is 0 Å². The topological polar surface area (TPSA) is 23.5 Å². The van der Waals surface area contributed by atoms with Gasteiger partial charge in [0.1, 0.15) is 0 Å². The van der Waals surface area contributed by atoms with Crippen LogP contribution >= 0.6 is 0 Å². The molecule has 0 radical (unpaired) electrons. The van der Waals surface area contributed by atoms with Crippen LogP contribution in [0.3, 0.4) is 0 Å². The Kier molecular flexibility index (Phi) is 6.70. The number of likely N-dealkylation sites (tertiary alicyclic amines) is 1. The number of rotatable bonds is 6. The highest BCUT2D eigenvalue weighted by molar-refractivity contribution is 5.29. The van der Waals surface area contributed by atoms with Gasteiger partial charge in [-0.2, -0.15) is 13.2 Å². The maximum absolute atomic E-state index is 12.5. The number of halogens is 3. The molecule has 1 aliphatic rings. The number of benzene rings is 1. The van der Waals surface area contributed by atoms with Crippen molar-refractivity contribution in [2.45, 2.75) is 58.2 Å². The highest BCUT2D eigenvalue weighted by Gasteiger charge is 2.43. The molecule has 24 heavy (non-hydrogen) atoms. The van der Waals surface area contributed by atoms with Crippen molar-refractivity contribution >= 4 is 0 Å². The summed E-state index contributed by atoms with van der Waals surface area (Å²) in [6, 6.07) is 6.56. The molecule has 5 heteroatoms. The lowest BCUT2D eigenvalue weighted by Gasteiger charge is -2.34. The van der Waals surface area contributed by atoms with Gasteiger partial charge in [0.2, 0.25) is 0 Å². The third-order valence-electron chi connectivity index (χ3n) is 5.18. The molecule has 136 valence electrons. The van der Waals surface area contributed by atoms with Gasteiger partial charge in [0.25, 0.3) is 0 Å². The van der Waals surface area contributed by atoms with Crippen molar-refractivity contribution in [1.29, 1.82) is 0 Å². The summed E-state index contributed by atoms with van der Waals surface area (Å²) in [5, 5.41) is 9.34. The third-order valence-corrected chi connectivity index (χ3v) is 5.18. The minimum atomic E-state index is -4.49. The van der Waals surface area contributed by atoms with Gasteiger partial charge in [0.15, 0.2) is 6.10 Å². The molecular formula is C19H28F3NO. The predicted octanol–water partition coefficient (Wildman–Crippen LogP) is 4.26. The van der Waals surface area contributed by atoms with E-state index in [1.54, 1.807) is 0 Å². The molecule has 1 N–H and O–H groups in total. The first-order valence-electron chi connectivity index (χ1n) is 8.80. The first-order valence-corrected chi connectivity index (χ1v) is 8.80. The van der Waals surface area contributed by atoms with E-state index in [9.17, 15) is 18.3 Å². The van der Waals surface area contributed by atoms with Crippen LogP contribution in [-0.4, -0.2) is 41.9 Å². The number of hydrogen-bond donors (Lipinski definition) is 1. The Balaban J connectivity index is 1.65. The number of piperidine rings is 1. The van der Waals surface area contributed by atoms with Gasteiger partial charge in [-0.3, -0.25) is 0 Å². The lowest BCUT2D eigenvalue weighted by atomic mass is 9.91. The second-order valence-corrected chi connectivity index (χ2v) is 7.04. The molecule has 0 amide bonds. The summed E-state index contributed by atoms with van der Waals surface area (Å²) in [5.41, 5.74) is 3.98. The van der Waals surface area contributed by atoms with E-state index in [4.69, 9.17) is 0 Å². The Morgan fingerprint density at radius 3 is 2.38 bits per heavy atom. The second kappa shape index (κ2) is 8.34. The fraction of sp³-hybridized carbons (Fsp3) is 0.684. The zero-order chi connectivity index (χ0) is 17.7. The highest BCUT2D eigenvalue weighted by Crippen LogP contribution is 2.31. The van der Waals surface area contributed by atoms with E-state index in [1.165, 1.54) is 16.7 Å². The van der Waals surface area contributed by atoms with E-state index < -0.39 is 18.2 Å². The van der Waals surface area contributed by atoms with Crippen LogP contribution in [0.1, 0.15) is 42.4 Å². The predicted molar refractivity (Wildman–Crippen MR) is 90.1 cm³/mol. The molecule has 1 atom stereocenters. The van der Waals surface area contributed by atoms with Gasteiger partial charge in [-0.15, -0.1) is 0 Å². The van der Waals surface area contributed by atoms with Crippen LogP contribution in [0.4, 0.5) is 13.2 Å². The van der Waals surface area contributed by atoms with Crippen LogP contribution in [0.15, 0.2) is 18.2 Å². The van der Waals surface area contributed by atoms with Gasteiger partial charge in [-0.1, -0.05) is 18.2 Å². The number of aliphatic hydroxyl groups is 1. The SMILES string of the molecule is Cc1ccc(CCCCN2CCC(C(O)C(F)(F)F)CC2)cc1C. The van der Waals surface area contributed by atoms with Gasteiger partial charge < -0.3 is 10.0 Å². The summed E-state index contributed by atoms with van der Waals surface area (Å²) in [7, 11) is 0. The summed E-state index contributed by atoms with van der Waals surface area (Å²) in [6.45, 7) is 6.47. The minimum absolute atomic E-state index is 0.428. The summed E-state index contributed by atoms with van der Waals surface area (Å²) < 4.78 is 37.6. The molecule has 1 fully saturated rings. The fourth-order valence-electron chi connectivity index (χ4n) is 3.38. The molecule has 0 spiro atoms. The smallest absolute Gasteiger partial charge is 0.383 e. The summed E-state index contributed by atoms with van der Waals surface area (Å²) in [4.78, 5) is 2.22. The van der Waals surface area contributed by atoms with Crippen LogP contribution < -0.4 is 0 Å². The van der Waals surface area contributed by atoms with Crippen LogP contribution in [0.2, 0.25) is 0 Å². The first kappa shape index (κ1) is 19.3. The molecule has 1 unspecified atom stereocenters. The van der Waals surface area contributed by atoms with Crippen LogP contribution in [-0.2, 0) is 6.42 Å². The maximum Gasteiger partial charge on any atom is 0.414 e. The number of alkyl halides is 3. The first-order chi connectivity index (χ1) is 11.3. The maximum atomic E-state index is 12.5. The quantitative estimate of drug-likeness (QED) is 0.780. The number of nitrogens with zero attached hydrogens (tertiary/aromatic N) is 1. The molecule has 1 heterocycles. The van der Waals surface area contributed by atoms with Crippen LogP contribution in [0, 0.1) is 19.8 Å². The largest absolute Gasteiger partial charge is 0.414 e. The Bertz CT molecular complexity index is 522. The Morgan fingerprint density at radius 2 is 1.79 bits per heavy atom. The summed E-state index contributed by atoms with van der Waals surface area (Å²) in [5.74, 6) is -0.642. The van der Waals surface area contributed by atoms with Gasteiger partial charge >= 0.3 is 6.18 Å². The monoisotopic (exact) mass is 343 g/mol. The number of hydrogen-bond acceptors (Lipinski definition) is 2. The van der Waals surface area contributed by atoms with E-state index in [0.29, 0.717) is 25.9 Å². The molecule has 1 saturated heterocycles. The molecule has 0 bridgehead atoms. The minimum Gasteiger partial charge on any atom is -0.383 e. The van der Waals surface area contributed by atoms with Crippen molar-refractivity contribution in [3.8, 4) is 0 Å². The molecule has 0 aliphatic carbocycles. The average Bonchev–Trinajstić information content (AvgIpc) is 2.54. The van der Waals surface area contributed by atoms with Gasteiger partial charge in [0.05, 0.1) is 0 Å². The van der Waals surface area contributed by atoms with E-state index in [1.807, 2.05) is 0 Å². The van der Waals surface area contributed by atoms with E-state index in [0.717, 1.165) is 25.8 Å². The van der Waals surface area contributed by atoms with Crippen molar-refractivity contribution in [1.82, 2.24) is 4.90 Å². The standard InChI is InChI=1S/C19H28F3NO/c1-14-6-7-16(13-15(14)2)5-3-4-10-23-11-8-17(9-12-23)18(24)19(20,21)22/h6-7,13,17-18,24H,3-5,8-12H2,1-2H3. The van der Waals surface area contributed by atoms with Gasteiger partial charge in [-0.25, -0.2) is 0 Å². The molecule has 1 aromatic carbocycles. The van der Waals surface area contributed by atoms with Crippen molar-refractivity contribution in [2.75, 3.05) is 19.6 Å². The number of aryl methyl sites for hydroxylation is 3. The molecular weight excluding hydrogens is 315 g/mol. The summed E-state index contributed by atoms with van der Waals surface area (Å²) in [6.07, 6.45) is -2.60. The Labute approximate surface area is 142 Å².